The van der Waals surface area contributed by atoms with E-state index in [1.54, 1.807) is 7.11 Å². The summed E-state index contributed by atoms with van der Waals surface area (Å²) in [6.45, 7) is 1.68. The lowest BCUT2D eigenvalue weighted by molar-refractivity contribution is 0.0953. The Bertz CT molecular complexity index is 1260. The first-order valence-electron chi connectivity index (χ1n) is 11.8. The molecule has 2 unspecified atom stereocenters. The van der Waals surface area contributed by atoms with Crippen molar-refractivity contribution in [3.8, 4) is 22.9 Å². The minimum atomic E-state index is -0.649. The van der Waals surface area contributed by atoms with Crippen molar-refractivity contribution in [1.82, 2.24) is 14.8 Å². The van der Waals surface area contributed by atoms with Gasteiger partial charge in [0, 0.05) is 17.9 Å². The van der Waals surface area contributed by atoms with Gasteiger partial charge < -0.3 is 19.3 Å². The molecular weight excluding hydrogens is 462 g/mol. The summed E-state index contributed by atoms with van der Waals surface area (Å²) < 4.78 is 19.1. The van der Waals surface area contributed by atoms with Gasteiger partial charge in [0.2, 0.25) is 0 Å². The van der Waals surface area contributed by atoms with Crippen LogP contribution in [0.5, 0.6) is 11.5 Å². The molecule has 2 atom stereocenters. The number of hydrogen-bond donors (Lipinski definition) is 1. The molecule has 0 aliphatic carbocycles. The van der Waals surface area contributed by atoms with E-state index in [4.69, 9.17) is 14.2 Å². The van der Waals surface area contributed by atoms with E-state index in [1.165, 1.54) is 11.8 Å². The van der Waals surface area contributed by atoms with Crippen LogP contribution < -0.4 is 9.47 Å². The van der Waals surface area contributed by atoms with Crippen molar-refractivity contribution in [2.75, 3.05) is 26.1 Å². The summed E-state index contributed by atoms with van der Waals surface area (Å²) in [4.78, 5) is 0. The van der Waals surface area contributed by atoms with Gasteiger partial charge in [0.15, 0.2) is 11.0 Å². The third-order valence-electron chi connectivity index (χ3n) is 6.04. The van der Waals surface area contributed by atoms with Crippen molar-refractivity contribution >= 4 is 22.5 Å². The Morgan fingerprint density at radius 3 is 2.63 bits per heavy atom. The molecule has 7 nitrogen and oxygen atoms in total. The van der Waals surface area contributed by atoms with Gasteiger partial charge in [0.05, 0.1) is 25.9 Å². The first-order valence-corrected chi connectivity index (χ1v) is 12.8. The zero-order chi connectivity index (χ0) is 24.0. The Hall–Kier alpha value is -3.07. The highest BCUT2D eigenvalue weighted by Gasteiger charge is 2.22. The lowest BCUT2D eigenvalue weighted by Gasteiger charge is -2.16. The van der Waals surface area contributed by atoms with Crippen LogP contribution in [0, 0.1) is 0 Å². The highest BCUT2D eigenvalue weighted by atomic mass is 32.2. The zero-order valence-electron chi connectivity index (χ0n) is 19.7. The highest BCUT2D eigenvalue weighted by Crippen LogP contribution is 2.28. The minimum absolute atomic E-state index is 0.142. The van der Waals surface area contributed by atoms with E-state index < -0.39 is 6.10 Å². The topological polar surface area (TPSA) is 78.6 Å². The quantitative estimate of drug-likeness (QED) is 0.319. The molecule has 0 spiro atoms. The molecule has 8 heteroatoms. The summed E-state index contributed by atoms with van der Waals surface area (Å²) in [7, 11) is 1.65. The molecular formula is C27H29N3O4S. The molecule has 182 valence electrons. The van der Waals surface area contributed by atoms with Gasteiger partial charge in [-0.15, -0.1) is 10.2 Å². The standard InChI is InChI=1S/C27H29N3O4S/c1-32-23-11-9-20(10-12-23)26-28-29-27(30(26)16-25-7-4-14-33-25)35-18-22(31)17-34-24-13-8-19-5-2-3-6-21(19)15-24/h2-3,5-6,8-13,15,22,25,31H,4,7,14,16-18H2,1H3. The van der Waals surface area contributed by atoms with Gasteiger partial charge in [-0.05, 0) is 60.0 Å². The highest BCUT2D eigenvalue weighted by molar-refractivity contribution is 7.99. The largest absolute Gasteiger partial charge is 0.497 e. The average Bonchev–Trinajstić information content (AvgIpc) is 3.56. The van der Waals surface area contributed by atoms with Crippen LogP contribution in [0.2, 0.25) is 0 Å². The normalized spacial score (nSPS) is 16.5. The number of fused-ring (bicyclic) bond motifs is 1. The Morgan fingerprint density at radius 1 is 1.06 bits per heavy atom. The number of nitrogens with zero attached hydrogens (tertiary/aromatic N) is 3. The van der Waals surface area contributed by atoms with Crippen LogP contribution in [-0.2, 0) is 11.3 Å². The molecule has 1 aliphatic rings. The molecule has 2 heterocycles. The number of aliphatic hydroxyl groups is 1. The van der Waals surface area contributed by atoms with Gasteiger partial charge >= 0.3 is 0 Å². The predicted molar refractivity (Wildman–Crippen MR) is 137 cm³/mol. The van der Waals surface area contributed by atoms with E-state index in [-0.39, 0.29) is 12.7 Å². The second-order valence-corrected chi connectivity index (χ2v) is 9.55. The Kier molecular flexibility index (Phi) is 7.51. The molecule has 35 heavy (non-hydrogen) atoms. The van der Waals surface area contributed by atoms with E-state index >= 15 is 0 Å². The summed E-state index contributed by atoms with van der Waals surface area (Å²) in [5, 5.41) is 22.5. The van der Waals surface area contributed by atoms with Crippen molar-refractivity contribution in [2.45, 2.75) is 36.8 Å². The Labute approximate surface area is 209 Å². The van der Waals surface area contributed by atoms with Gasteiger partial charge in [-0.3, -0.25) is 4.57 Å². The molecule has 5 rings (SSSR count). The van der Waals surface area contributed by atoms with Crippen molar-refractivity contribution < 1.29 is 19.3 Å². The summed E-state index contributed by atoms with van der Waals surface area (Å²) in [5.74, 6) is 2.77. The molecule has 0 amide bonds. The molecule has 0 radical (unpaired) electrons. The molecule has 1 aromatic heterocycles. The van der Waals surface area contributed by atoms with Crippen molar-refractivity contribution in [3.05, 3.63) is 66.7 Å². The van der Waals surface area contributed by atoms with Crippen LogP contribution in [0.3, 0.4) is 0 Å². The predicted octanol–water partition coefficient (Wildman–Crippen LogP) is 4.82. The Balaban J connectivity index is 1.25. The summed E-state index contributed by atoms with van der Waals surface area (Å²) in [6, 6.07) is 21.9. The smallest absolute Gasteiger partial charge is 0.191 e. The molecule has 0 saturated carbocycles. The van der Waals surface area contributed by atoms with E-state index in [1.807, 2.05) is 54.6 Å². The molecule has 1 saturated heterocycles. The number of thioether (sulfide) groups is 1. The van der Waals surface area contributed by atoms with Gasteiger partial charge in [-0.2, -0.15) is 0 Å². The molecule has 1 fully saturated rings. The lowest BCUT2D eigenvalue weighted by atomic mass is 10.1. The van der Waals surface area contributed by atoms with Gasteiger partial charge in [-0.1, -0.05) is 42.1 Å². The molecule has 1 N–H and O–H groups in total. The fraction of sp³-hybridized carbons (Fsp3) is 0.333. The number of rotatable bonds is 10. The number of aliphatic hydroxyl groups excluding tert-OH is 1. The van der Waals surface area contributed by atoms with Crippen molar-refractivity contribution in [2.24, 2.45) is 0 Å². The van der Waals surface area contributed by atoms with Crippen LogP contribution in [0.1, 0.15) is 12.8 Å². The Morgan fingerprint density at radius 2 is 1.86 bits per heavy atom. The monoisotopic (exact) mass is 491 g/mol. The second kappa shape index (κ2) is 11.1. The van der Waals surface area contributed by atoms with Crippen LogP contribution in [-0.4, -0.2) is 58.2 Å². The maximum absolute atomic E-state index is 10.6. The number of hydrogen-bond acceptors (Lipinski definition) is 7. The van der Waals surface area contributed by atoms with Crippen LogP contribution >= 0.6 is 11.8 Å². The lowest BCUT2D eigenvalue weighted by Crippen LogP contribution is -2.21. The van der Waals surface area contributed by atoms with E-state index in [0.29, 0.717) is 12.3 Å². The number of ether oxygens (including phenoxy) is 3. The van der Waals surface area contributed by atoms with Gasteiger partial charge in [0.1, 0.15) is 18.1 Å². The van der Waals surface area contributed by atoms with E-state index in [2.05, 4.69) is 26.9 Å². The van der Waals surface area contributed by atoms with Gasteiger partial charge in [-0.25, -0.2) is 0 Å². The maximum atomic E-state index is 10.6. The molecule has 1 aliphatic heterocycles. The van der Waals surface area contributed by atoms with Crippen LogP contribution in [0.4, 0.5) is 0 Å². The van der Waals surface area contributed by atoms with E-state index in [0.717, 1.165) is 58.3 Å². The number of methoxy groups -OCH3 is 1. The van der Waals surface area contributed by atoms with Crippen LogP contribution in [0.15, 0.2) is 71.9 Å². The fourth-order valence-electron chi connectivity index (χ4n) is 4.17. The first kappa shape index (κ1) is 23.7. The van der Waals surface area contributed by atoms with Gasteiger partial charge in [0.25, 0.3) is 0 Å². The molecule has 0 bridgehead atoms. The third-order valence-corrected chi connectivity index (χ3v) is 7.16. The average molecular weight is 492 g/mol. The first-order chi connectivity index (χ1) is 17.2. The summed E-state index contributed by atoms with van der Waals surface area (Å²) >= 11 is 1.48. The van der Waals surface area contributed by atoms with Crippen molar-refractivity contribution in [1.29, 1.82) is 0 Å². The van der Waals surface area contributed by atoms with Crippen molar-refractivity contribution in [3.63, 3.8) is 0 Å². The number of aromatic nitrogens is 3. The van der Waals surface area contributed by atoms with E-state index in [9.17, 15) is 5.11 Å². The summed E-state index contributed by atoms with van der Waals surface area (Å²) in [6.07, 6.45) is 1.58. The fourth-order valence-corrected chi connectivity index (χ4v) is 5.03. The minimum Gasteiger partial charge on any atom is -0.497 e. The number of benzene rings is 3. The molecule has 4 aromatic rings. The maximum Gasteiger partial charge on any atom is 0.191 e. The molecule has 3 aromatic carbocycles. The second-order valence-electron chi connectivity index (χ2n) is 8.57. The third kappa shape index (κ3) is 5.78. The van der Waals surface area contributed by atoms with Crippen LogP contribution in [0.25, 0.3) is 22.2 Å². The summed E-state index contributed by atoms with van der Waals surface area (Å²) in [5.41, 5.74) is 0.961. The SMILES string of the molecule is COc1ccc(-c2nnc(SCC(O)COc3ccc4ccccc4c3)n2CC2CCCO2)cc1. The zero-order valence-corrected chi connectivity index (χ0v) is 20.5.